The van der Waals surface area contributed by atoms with E-state index in [2.05, 4.69) is 4.98 Å². The largest absolute Gasteiger partial charge is 0.366 e. The molecular formula is C13H10FN3O2. The first kappa shape index (κ1) is 11.7. The standard InChI is InChI=1S/C13H10FN3O2/c14-11-5-8(6-15)1-2-10(11)13(19)4-3-9-7-16-12(18)17(9)13/h1-2,5,7,19H,3-4H2,(H,16,18). The quantitative estimate of drug-likeness (QED) is 0.795. The number of hydrogen-bond acceptors (Lipinski definition) is 3. The fraction of sp³-hybridized carbons (Fsp3) is 0.231. The molecule has 1 aromatic carbocycles. The van der Waals surface area contributed by atoms with Crippen molar-refractivity contribution >= 4 is 0 Å². The molecule has 1 aromatic heterocycles. The summed E-state index contributed by atoms with van der Waals surface area (Å²) in [4.78, 5) is 14.2. The summed E-state index contributed by atoms with van der Waals surface area (Å²) in [6.45, 7) is 0. The SMILES string of the molecule is N#Cc1ccc(C2(O)CCc3c[nH]c(=O)n32)c(F)c1. The van der Waals surface area contributed by atoms with Crippen molar-refractivity contribution in [3.63, 3.8) is 0 Å². The third-order valence-electron chi connectivity index (χ3n) is 3.48. The van der Waals surface area contributed by atoms with Gasteiger partial charge in [-0.05, 0) is 24.6 Å². The van der Waals surface area contributed by atoms with Crippen molar-refractivity contribution in [2.24, 2.45) is 0 Å². The summed E-state index contributed by atoms with van der Waals surface area (Å²) in [7, 11) is 0. The molecule has 0 fully saturated rings. The fourth-order valence-electron chi connectivity index (χ4n) is 2.57. The Labute approximate surface area is 107 Å². The zero-order chi connectivity index (χ0) is 13.6. The number of aliphatic hydroxyl groups is 1. The normalized spacial score (nSPS) is 21.1. The maximum atomic E-state index is 14.0. The minimum Gasteiger partial charge on any atom is -0.366 e. The van der Waals surface area contributed by atoms with Crippen molar-refractivity contribution in [3.05, 3.63) is 57.5 Å². The van der Waals surface area contributed by atoms with Gasteiger partial charge in [0.05, 0.1) is 11.6 Å². The van der Waals surface area contributed by atoms with Gasteiger partial charge in [0.1, 0.15) is 5.82 Å². The molecule has 0 aliphatic carbocycles. The molecule has 1 aliphatic rings. The molecule has 3 rings (SSSR count). The molecule has 0 spiro atoms. The number of imidazole rings is 1. The van der Waals surface area contributed by atoms with Crippen LogP contribution in [0.25, 0.3) is 0 Å². The van der Waals surface area contributed by atoms with Crippen LogP contribution in [0.1, 0.15) is 23.2 Å². The Morgan fingerprint density at radius 3 is 3.00 bits per heavy atom. The highest BCUT2D eigenvalue weighted by Gasteiger charge is 2.41. The highest BCUT2D eigenvalue weighted by atomic mass is 19.1. The predicted octanol–water partition coefficient (Wildman–Crippen LogP) is 0.827. The van der Waals surface area contributed by atoms with Gasteiger partial charge < -0.3 is 10.1 Å². The maximum Gasteiger partial charge on any atom is 0.328 e. The van der Waals surface area contributed by atoms with E-state index < -0.39 is 17.2 Å². The van der Waals surface area contributed by atoms with E-state index in [0.717, 1.165) is 10.6 Å². The molecular weight excluding hydrogens is 249 g/mol. The average Bonchev–Trinajstić information content (AvgIpc) is 2.92. The number of benzene rings is 1. The molecule has 96 valence electrons. The van der Waals surface area contributed by atoms with Gasteiger partial charge in [0, 0.05) is 23.9 Å². The number of halogens is 1. The molecule has 5 nitrogen and oxygen atoms in total. The highest BCUT2D eigenvalue weighted by molar-refractivity contribution is 5.36. The van der Waals surface area contributed by atoms with Crippen LogP contribution in [-0.2, 0) is 12.1 Å². The van der Waals surface area contributed by atoms with Crippen molar-refractivity contribution in [3.8, 4) is 6.07 Å². The second-order valence-corrected chi connectivity index (χ2v) is 4.54. The van der Waals surface area contributed by atoms with Gasteiger partial charge in [-0.3, -0.25) is 4.57 Å². The van der Waals surface area contributed by atoms with E-state index in [0.29, 0.717) is 12.1 Å². The van der Waals surface area contributed by atoms with Gasteiger partial charge in [-0.15, -0.1) is 0 Å². The smallest absolute Gasteiger partial charge is 0.328 e. The van der Waals surface area contributed by atoms with Crippen LogP contribution in [0.5, 0.6) is 0 Å². The van der Waals surface area contributed by atoms with Gasteiger partial charge in [-0.2, -0.15) is 5.26 Å². The molecule has 0 saturated heterocycles. The zero-order valence-electron chi connectivity index (χ0n) is 9.85. The van der Waals surface area contributed by atoms with Gasteiger partial charge >= 0.3 is 5.69 Å². The van der Waals surface area contributed by atoms with Crippen molar-refractivity contribution in [2.45, 2.75) is 18.6 Å². The molecule has 2 aromatic rings. The van der Waals surface area contributed by atoms with Gasteiger partial charge in [-0.25, -0.2) is 9.18 Å². The van der Waals surface area contributed by atoms with Crippen molar-refractivity contribution in [2.75, 3.05) is 0 Å². The summed E-state index contributed by atoms with van der Waals surface area (Å²) in [5.74, 6) is -0.692. The minimum atomic E-state index is -1.69. The Kier molecular flexibility index (Phi) is 2.34. The second-order valence-electron chi connectivity index (χ2n) is 4.54. The summed E-state index contributed by atoms with van der Waals surface area (Å²) >= 11 is 0. The van der Waals surface area contributed by atoms with E-state index in [1.807, 2.05) is 6.07 Å². The number of nitrogens with one attached hydrogen (secondary N) is 1. The van der Waals surface area contributed by atoms with E-state index in [-0.39, 0.29) is 17.5 Å². The van der Waals surface area contributed by atoms with Gasteiger partial charge in [0.2, 0.25) is 0 Å². The summed E-state index contributed by atoms with van der Waals surface area (Å²) in [5, 5.41) is 19.4. The molecule has 6 heteroatoms. The van der Waals surface area contributed by atoms with E-state index >= 15 is 0 Å². The molecule has 0 bridgehead atoms. The topological polar surface area (TPSA) is 81.8 Å². The predicted molar refractivity (Wildman–Crippen MR) is 63.8 cm³/mol. The lowest BCUT2D eigenvalue weighted by Crippen LogP contribution is -2.39. The lowest BCUT2D eigenvalue weighted by Gasteiger charge is -2.25. The average molecular weight is 259 g/mol. The summed E-state index contributed by atoms with van der Waals surface area (Å²) in [6, 6.07) is 5.66. The van der Waals surface area contributed by atoms with Crippen LogP contribution in [0.15, 0.2) is 29.2 Å². The van der Waals surface area contributed by atoms with Crippen LogP contribution in [0.2, 0.25) is 0 Å². The number of nitrogens with zero attached hydrogens (tertiary/aromatic N) is 2. The van der Waals surface area contributed by atoms with Crippen molar-refractivity contribution < 1.29 is 9.50 Å². The molecule has 0 radical (unpaired) electrons. The summed E-state index contributed by atoms with van der Waals surface area (Å²) in [5.41, 5.74) is -1.35. The maximum absolute atomic E-state index is 14.0. The summed E-state index contributed by atoms with van der Waals surface area (Å²) in [6.07, 6.45) is 2.23. The first-order valence-electron chi connectivity index (χ1n) is 5.78. The van der Waals surface area contributed by atoms with Crippen molar-refractivity contribution in [1.29, 1.82) is 5.26 Å². The number of fused-ring (bicyclic) bond motifs is 1. The number of nitriles is 1. The Balaban J connectivity index is 2.21. The van der Waals surface area contributed by atoms with E-state index in [4.69, 9.17) is 5.26 Å². The molecule has 2 heterocycles. The van der Waals surface area contributed by atoms with E-state index in [9.17, 15) is 14.3 Å². The molecule has 1 unspecified atom stereocenters. The zero-order valence-corrected chi connectivity index (χ0v) is 9.85. The number of hydrogen-bond donors (Lipinski definition) is 2. The lowest BCUT2D eigenvalue weighted by atomic mass is 9.98. The Morgan fingerprint density at radius 2 is 2.32 bits per heavy atom. The minimum absolute atomic E-state index is 0.00644. The number of H-pyrrole nitrogens is 1. The lowest BCUT2D eigenvalue weighted by molar-refractivity contribution is 0.00730. The number of aryl methyl sites for hydroxylation is 1. The van der Waals surface area contributed by atoms with E-state index in [1.165, 1.54) is 18.3 Å². The first-order valence-corrected chi connectivity index (χ1v) is 5.78. The highest BCUT2D eigenvalue weighted by Crippen LogP contribution is 2.35. The van der Waals surface area contributed by atoms with Gasteiger partial charge in [-0.1, -0.05) is 0 Å². The monoisotopic (exact) mass is 259 g/mol. The third-order valence-corrected chi connectivity index (χ3v) is 3.48. The Morgan fingerprint density at radius 1 is 1.53 bits per heavy atom. The van der Waals surface area contributed by atoms with Crippen LogP contribution in [0.4, 0.5) is 4.39 Å². The number of aromatic amines is 1. The Hall–Kier alpha value is -2.39. The van der Waals surface area contributed by atoms with Crippen LogP contribution in [-0.4, -0.2) is 14.7 Å². The molecule has 0 amide bonds. The number of rotatable bonds is 1. The van der Waals surface area contributed by atoms with Crippen LogP contribution >= 0.6 is 0 Å². The second kappa shape index (κ2) is 3.80. The van der Waals surface area contributed by atoms with Gasteiger partial charge in [0.15, 0.2) is 5.72 Å². The van der Waals surface area contributed by atoms with Crippen molar-refractivity contribution in [1.82, 2.24) is 9.55 Å². The number of aromatic nitrogens is 2. The van der Waals surface area contributed by atoms with Crippen LogP contribution in [0.3, 0.4) is 0 Å². The fourth-order valence-corrected chi connectivity index (χ4v) is 2.57. The van der Waals surface area contributed by atoms with E-state index in [1.54, 1.807) is 0 Å². The molecule has 1 atom stereocenters. The Bertz CT molecular complexity index is 756. The van der Waals surface area contributed by atoms with Crippen LogP contribution < -0.4 is 5.69 Å². The first-order chi connectivity index (χ1) is 9.06. The third kappa shape index (κ3) is 1.52. The van der Waals surface area contributed by atoms with Gasteiger partial charge in [0.25, 0.3) is 0 Å². The molecule has 19 heavy (non-hydrogen) atoms. The van der Waals surface area contributed by atoms with Crippen LogP contribution in [0, 0.1) is 17.1 Å². The molecule has 2 N–H and O–H groups in total. The summed E-state index contributed by atoms with van der Waals surface area (Å²) < 4.78 is 15.2. The molecule has 0 saturated carbocycles. The molecule has 1 aliphatic heterocycles.